The second-order valence-electron chi connectivity index (χ2n) is 14.5. The summed E-state index contributed by atoms with van der Waals surface area (Å²) in [5, 5.41) is 7.28. The molecule has 7 aromatic rings. The third kappa shape index (κ3) is 10.4. The lowest BCUT2D eigenvalue weighted by atomic mass is 10.0. The molecule has 8 nitrogen and oxygen atoms in total. The van der Waals surface area contributed by atoms with Crippen LogP contribution in [0.15, 0.2) is 132 Å². The molecule has 304 valence electrons. The fourth-order valence-corrected chi connectivity index (χ4v) is 7.47. The molecular formula is C50H49BrO8. The lowest BCUT2D eigenvalue weighted by molar-refractivity contribution is -0.153. The molecule has 0 N–H and O–H groups in total. The molecule has 2 atom stereocenters. The number of halogens is 1. The van der Waals surface area contributed by atoms with Gasteiger partial charge in [-0.3, -0.25) is 9.59 Å². The van der Waals surface area contributed by atoms with Crippen molar-refractivity contribution in [3.8, 4) is 23.0 Å². The lowest BCUT2D eigenvalue weighted by Crippen LogP contribution is -2.31. The Morgan fingerprint density at radius 3 is 1.37 bits per heavy atom. The number of esters is 2. The van der Waals surface area contributed by atoms with E-state index in [1.54, 1.807) is 0 Å². The first-order valence-corrected chi connectivity index (χ1v) is 21.2. The Hall–Kier alpha value is -5.80. The summed E-state index contributed by atoms with van der Waals surface area (Å²) in [5.74, 6) is 2.06. The molecule has 0 aliphatic rings. The van der Waals surface area contributed by atoms with Gasteiger partial charge in [-0.05, 0) is 53.9 Å². The Morgan fingerprint density at radius 1 is 0.475 bits per heavy atom. The van der Waals surface area contributed by atoms with Gasteiger partial charge in [-0.2, -0.15) is 0 Å². The smallest absolute Gasteiger partial charge is 0.306 e. The number of carbonyl (C=O) groups excluding carboxylic acids is 2. The van der Waals surface area contributed by atoms with Crippen molar-refractivity contribution in [3.05, 3.63) is 132 Å². The van der Waals surface area contributed by atoms with Crippen LogP contribution < -0.4 is 18.9 Å². The van der Waals surface area contributed by atoms with Gasteiger partial charge in [0.05, 0.1) is 0 Å². The van der Waals surface area contributed by atoms with Gasteiger partial charge in [-0.1, -0.05) is 140 Å². The van der Waals surface area contributed by atoms with Gasteiger partial charge in [0, 0.05) is 49.6 Å². The molecule has 0 fully saturated rings. The molecule has 0 bridgehead atoms. The Morgan fingerprint density at radius 2 is 0.881 bits per heavy atom. The third-order valence-electron chi connectivity index (χ3n) is 10.1. The topological polar surface area (TPSA) is 89.5 Å². The van der Waals surface area contributed by atoms with Gasteiger partial charge >= 0.3 is 11.9 Å². The summed E-state index contributed by atoms with van der Waals surface area (Å²) in [5.41, 5.74) is 0. The molecule has 0 aliphatic carbocycles. The molecule has 59 heavy (non-hydrogen) atoms. The highest BCUT2D eigenvalue weighted by Gasteiger charge is 2.23. The predicted molar refractivity (Wildman–Crippen MR) is 238 cm³/mol. The van der Waals surface area contributed by atoms with Crippen molar-refractivity contribution in [3.63, 3.8) is 0 Å². The minimum atomic E-state index is -0.694. The maximum absolute atomic E-state index is 13.0. The monoisotopic (exact) mass is 856 g/mol. The SMILES string of the molecule is CCCCC(=O)OC(COc1cccc2ccccc12)COc1c2ccccc2c(OCC(COc2cccc3ccccc23)OC(=O)CCCC)c2cc(Br)ccc12. The van der Waals surface area contributed by atoms with Gasteiger partial charge in [0.1, 0.15) is 49.4 Å². The van der Waals surface area contributed by atoms with Crippen LogP contribution in [0.25, 0.3) is 43.1 Å². The third-order valence-corrected chi connectivity index (χ3v) is 10.6. The number of unbranched alkanes of at least 4 members (excludes halogenated alkanes) is 2. The molecule has 0 amide bonds. The van der Waals surface area contributed by atoms with Crippen LogP contribution in [0.4, 0.5) is 0 Å². The van der Waals surface area contributed by atoms with E-state index in [9.17, 15) is 9.59 Å². The van der Waals surface area contributed by atoms with Crippen molar-refractivity contribution in [1.82, 2.24) is 0 Å². The first-order valence-electron chi connectivity index (χ1n) is 20.4. The minimum absolute atomic E-state index is 0.0513. The summed E-state index contributed by atoms with van der Waals surface area (Å²) in [6.45, 7) is 4.40. The van der Waals surface area contributed by atoms with E-state index < -0.39 is 12.2 Å². The van der Waals surface area contributed by atoms with Crippen molar-refractivity contribution in [2.24, 2.45) is 0 Å². The Labute approximate surface area is 353 Å². The van der Waals surface area contributed by atoms with Crippen molar-refractivity contribution in [2.75, 3.05) is 26.4 Å². The van der Waals surface area contributed by atoms with Gasteiger partial charge < -0.3 is 28.4 Å². The van der Waals surface area contributed by atoms with Crippen molar-refractivity contribution >= 4 is 71.0 Å². The number of rotatable bonds is 20. The van der Waals surface area contributed by atoms with Crippen LogP contribution in [-0.2, 0) is 19.1 Å². The molecule has 0 aliphatic heterocycles. The molecule has 0 heterocycles. The average Bonchev–Trinajstić information content (AvgIpc) is 3.26. The normalized spacial score (nSPS) is 12.3. The van der Waals surface area contributed by atoms with Crippen LogP contribution in [0.5, 0.6) is 23.0 Å². The first kappa shape index (κ1) is 41.4. The standard InChI is InChI=1S/C50H49BrO8/c1-3-5-25-47(52)58-37(30-54-45-23-13-17-34-15-7-9-19-39(34)45)32-56-49-41-21-11-12-22-42(41)50(44-29-36(51)27-28-43(44)49)57-33-38(59-48(53)26-6-4-2)31-55-46-24-14-18-35-16-8-10-20-40(35)46/h7-24,27-29,37-38H,3-6,25-26,30-33H2,1-2H3. The summed E-state index contributed by atoms with van der Waals surface area (Å²) in [4.78, 5) is 26.0. The van der Waals surface area contributed by atoms with E-state index >= 15 is 0 Å². The molecule has 0 saturated carbocycles. The van der Waals surface area contributed by atoms with Crippen LogP contribution in [-0.4, -0.2) is 50.6 Å². The van der Waals surface area contributed by atoms with E-state index in [1.165, 1.54) is 0 Å². The Balaban J connectivity index is 1.16. The molecule has 0 saturated heterocycles. The van der Waals surface area contributed by atoms with E-state index in [0.717, 1.165) is 73.2 Å². The van der Waals surface area contributed by atoms with Crippen LogP contribution in [0.2, 0.25) is 0 Å². The summed E-state index contributed by atoms with van der Waals surface area (Å²) in [6, 6.07) is 41.6. The molecule has 9 heteroatoms. The van der Waals surface area contributed by atoms with Gasteiger partial charge in [0.15, 0.2) is 12.2 Å². The second kappa shape index (κ2) is 20.3. The summed E-state index contributed by atoms with van der Waals surface area (Å²) in [7, 11) is 0. The molecule has 0 spiro atoms. The minimum Gasteiger partial charge on any atom is -0.489 e. The maximum atomic E-state index is 13.0. The summed E-state index contributed by atoms with van der Waals surface area (Å²) >= 11 is 3.67. The summed E-state index contributed by atoms with van der Waals surface area (Å²) in [6.07, 6.45) is 2.46. The second-order valence-corrected chi connectivity index (χ2v) is 15.4. The van der Waals surface area contributed by atoms with Crippen molar-refractivity contribution in [1.29, 1.82) is 0 Å². The molecule has 2 unspecified atom stereocenters. The molecular weight excluding hydrogens is 808 g/mol. The van der Waals surface area contributed by atoms with E-state index in [2.05, 4.69) is 15.9 Å². The molecule has 0 radical (unpaired) electrons. The highest BCUT2D eigenvalue weighted by Crippen LogP contribution is 2.44. The zero-order valence-corrected chi connectivity index (χ0v) is 35.1. The zero-order chi connectivity index (χ0) is 41.0. The quantitative estimate of drug-likeness (QED) is 0.0553. The Kier molecular flexibility index (Phi) is 14.2. The summed E-state index contributed by atoms with van der Waals surface area (Å²) < 4.78 is 38.9. The van der Waals surface area contributed by atoms with E-state index in [4.69, 9.17) is 28.4 Å². The Bertz CT molecular complexity index is 2520. The van der Waals surface area contributed by atoms with Crippen molar-refractivity contribution in [2.45, 2.75) is 64.6 Å². The lowest BCUT2D eigenvalue weighted by Gasteiger charge is -2.23. The van der Waals surface area contributed by atoms with Crippen LogP contribution >= 0.6 is 15.9 Å². The number of hydrogen-bond acceptors (Lipinski definition) is 8. The number of ether oxygens (including phenoxy) is 6. The predicted octanol–water partition coefficient (Wildman–Crippen LogP) is 12.2. The van der Waals surface area contributed by atoms with Crippen molar-refractivity contribution < 1.29 is 38.0 Å². The van der Waals surface area contributed by atoms with E-state index in [0.29, 0.717) is 35.8 Å². The van der Waals surface area contributed by atoms with Gasteiger partial charge in [0.25, 0.3) is 0 Å². The van der Waals surface area contributed by atoms with Crippen LogP contribution in [0.1, 0.15) is 52.4 Å². The van der Waals surface area contributed by atoms with Crippen LogP contribution in [0, 0.1) is 0 Å². The average molecular weight is 858 g/mol. The van der Waals surface area contributed by atoms with Gasteiger partial charge in [-0.25, -0.2) is 0 Å². The number of hydrogen-bond donors (Lipinski definition) is 0. The number of carbonyl (C=O) groups is 2. The fraction of sp³-hybridized carbons (Fsp3) is 0.280. The highest BCUT2D eigenvalue weighted by molar-refractivity contribution is 9.10. The highest BCUT2D eigenvalue weighted by atomic mass is 79.9. The first-order chi connectivity index (χ1) is 28.9. The van der Waals surface area contributed by atoms with Crippen LogP contribution in [0.3, 0.4) is 0 Å². The zero-order valence-electron chi connectivity index (χ0n) is 33.5. The molecule has 7 rings (SSSR count). The van der Waals surface area contributed by atoms with Gasteiger partial charge in [-0.15, -0.1) is 0 Å². The molecule has 0 aromatic heterocycles. The maximum Gasteiger partial charge on any atom is 0.306 e. The molecule has 7 aromatic carbocycles. The number of benzene rings is 7. The fourth-order valence-electron chi connectivity index (χ4n) is 7.11. The van der Waals surface area contributed by atoms with Gasteiger partial charge in [0.2, 0.25) is 0 Å². The van der Waals surface area contributed by atoms with E-state index in [-0.39, 0.29) is 38.4 Å². The largest absolute Gasteiger partial charge is 0.489 e. The number of fused-ring (bicyclic) bond motifs is 4. The van der Waals surface area contributed by atoms with E-state index in [1.807, 2.05) is 141 Å².